The number of carbonyl (C=O) groups is 1. The highest BCUT2D eigenvalue weighted by Gasteiger charge is 2.28. The third-order valence-electron chi connectivity index (χ3n) is 4.78. The van der Waals surface area contributed by atoms with Crippen molar-refractivity contribution in [1.82, 2.24) is 15.3 Å². The van der Waals surface area contributed by atoms with Crippen molar-refractivity contribution in [2.45, 2.75) is 36.9 Å². The van der Waals surface area contributed by atoms with Crippen molar-refractivity contribution in [3.63, 3.8) is 0 Å². The van der Waals surface area contributed by atoms with Crippen LogP contribution >= 0.6 is 11.8 Å². The number of aromatic nitrogens is 2. The van der Waals surface area contributed by atoms with Crippen molar-refractivity contribution in [1.29, 1.82) is 5.26 Å². The molecular formula is C17H23N5O2S. The molecule has 2 aliphatic rings. The Bertz CT molecular complexity index is 649. The van der Waals surface area contributed by atoms with Crippen LogP contribution in [0, 0.1) is 17.2 Å². The number of rotatable bonds is 4. The number of ether oxygens (including phenoxy) is 1. The highest BCUT2D eigenvalue weighted by Crippen LogP contribution is 2.26. The molecule has 2 saturated heterocycles. The maximum atomic E-state index is 12.5. The first kappa shape index (κ1) is 18.0. The van der Waals surface area contributed by atoms with Gasteiger partial charge in [0.1, 0.15) is 11.6 Å². The number of nitriles is 1. The average molecular weight is 361 g/mol. The molecule has 0 aromatic carbocycles. The van der Waals surface area contributed by atoms with Gasteiger partial charge in [0.15, 0.2) is 11.0 Å². The van der Waals surface area contributed by atoms with Crippen LogP contribution in [-0.4, -0.2) is 54.5 Å². The van der Waals surface area contributed by atoms with E-state index < -0.39 is 0 Å². The lowest BCUT2D eigenvalue weighted by molar-refractivity contribution is -0.126. The van der Waals surface area contributed by atoms with Crippen LogP contribution in [0.1, 0.15) is 31.2 Å². The van der Waals surface area contributed by atoms with Gasteiger partial charge in [0.25, 0.3) is 0 Å². The summed E-state index contributed by atoms with van der Waals surface area (Å²) in [6.45, 7) is 2.91. The van der Waals surface area contributed by atoms with Gasteiger partial charge < -0.3 is 15.0 Å². The molecule has 3 rings (SSSR count). The molecule has 7 nitrogen and oxygen atoms in total. The molecule has 1 amide bonds. The van der Waals surface area contributed by atoms with Gasteiger partial charge in [-0.1, -0.05) is 11.8 Å². The van der Waals surface area contributed by atoms with E-state index in [9.17, 15) is 10.1 Å². The second-order valence-electron chi connectivity index (χ2n) is 6.36. The van der Waals surface area contributed by atoms with Crippen molar-refractivity contribution in [3.8, 4) is 6.07 Å². The Morgan fingerprint density at radius 2 is 2.08 bits per heavy atom. The van der Waals surface area contributed by atoms with Crippen LogP contribution in [-0.2, 0) is 9.53 Å². The largest absolute Gasteiger partial charge is 0.381 e. The summed E-state index contributed by atoms with van der Waals surface area (Å²) in [4.78, 5) is 23.2. The van der Waals surface area contributed by atoms with E-state index in [2.05, 4.69) is 26.3 Å². The first-order valence-electron chi connectivity index (χ1n) is 8.65. The summed E-state index contributed by atoms with van der Waals surface area (Å²) >= 11 is 1.46. The van der Waals surface area contributed by atoms with Crippen LogP contribution in [0.4, 0.5) is 5.82 Å². The molecule has 0 unspecified atom stereocenters. The van der Waals surface area contributed by atoms with Crippen molar-refractivity contribution in [2.75, 3.05) is 37.5 Å². The van der Waals surface area contributed by atoms with E-state index >= 15 is 0 Å². The minimum atomic E-state index is 0.0338. The highest BCUT2D eigenvalue weighted by molar-refractivity contribution is 7.98. The van der Waals surface area contributed by atoms with E-state index in [1.807, 2.05) is 6.26 Å². The zero-order valence-electron chi connectivity index (χ0n) is 14.4. The number of carbonyl (C=O) groups excluding carboxylic acids is 1. The van der Waals surface area contributed by atoms with Gasteiger partial charge in [-0.05, 0) is 31.9 Å². The summed E-state index contributed by atoms with van der Waals surface area (Å²) in [6.07, 6.45) is 6.84. The Kier molecular flexibility index (Phi) is 6.10. The van der Waals surface area contributed by atoms with Crippen molar-refractivity contribution in [3.05, 3.63) is 11.8 Å². The number of hydrogen-bond donors (Lipinski definition) is 1. The lowest BCUT2D eigenvalue weighted by atomic mass is 9.95. The summed E-state index contributed by atoms with van der Waals surface area (Å²) in [5.74, 6) is 0.871. The third-order valence-corrected chi connectivity index (χ3v) is 5.34. The van der Waals surface area contributed by atoms with Crippen molar-refractivity contribution in [2.24, 2.45) is 5.92 Å². The van der Waals surface area contributed by atoms with E-state index in [0.29, 0.717) is 16.5 Å². The predicted octanol–water partition coefficient (Wildman–Crippen LogP) is 1.58. The molecule has 1 aromatic heterocycles. The molecule has 0 spiro atoms. The van der Waals surface area contributed by atoms with Gasteiger partial charge in [-0.2, -0.15) is 5.26 Å². The maximum absolute atomic E-state index is 12.5. The molecule has 1 aromatic rings. The zero-order chi connectivity index (χ0) is 17.6. The van der Waals surface area contributed by atoms with Gasteiger partial charge in [-0.25, -0.2) is 9.97 Å². The standard InChI is InChI=1S/C17H23N5O2S/c1-25-17-19-11-13(10-18)15(21-17)22-6-2-12(3-7-22)16(23)20-14-4-8-24-9-5-14/h11-12,14H,2-9H2,1H3,(H,20,23). The lowest BCUT2D eigenvalue weighted by Crippen LogP contribution is -2.45. The number of nitrogens with one attached hydrogen (secondary N) is 1. The van der Waals surface area contributed by atoms with E-state index in [1.54, 1.807) is 6.20 Å². The van der Waals surface area contributed by atoms with Crippen molar-refractivity contribution >= 4 is 23.5 Å². The number of hydrogen-bond acceptors (Lipinski definition) is 7. The predicted molar refractivity (Wildman–Crippen MR) is 95.4 cm³/mol. The molecule has 1 N–H and O–H groups in total. The second-order valence-corrected chi connectivity index (χ2v) is 7.14. The normalized spacial score (nSPS) is 19.4. The maximum Gasteiger partial charge on any atom is 0.223 e. The molecule has 25 heavy (non-hydrogen) atoms. The molecule has 8 heteroatoms. The Morgan fingerprint density at radius 3 is 2.72 bits per heavy atom. The first-order valence-corrected chi connectivity index (χ1v) is 9.88. The molecule has 134 valence electrons. The minimum Gasteiger partial charge on any atom is -0.381 e. The van der Waals surface area contributed by atoms with Gasteiger partial charge in [-0.15, -0.1) is 0 Å². The van der Waals surface area contributed by atoms with Crippen LogP contribution in [0.15, 0.2) is 11.4 Å². The molecule has 0 aliphatic carbocycles. The van der Waals surface area contributed by atoms with E-state index in [1.165, 1.54) is 11.8 Å². The van der Waals surface area contributed by atoms with E-state index in [-0.39, 0.29) is 17.9 Å². The Labute approximate surface area is 152 Å². The molecule has 2 aliphatic heterocycles. The van der Waals surface area contributed by atoms with E-state index in [0.717, 1.165) is 52.0 Å². The smallest absolute Gasteiger partial charge is 0.223 e. The Balaban J connectivity index is 1.58. The Hall–Kier alpha value is -1.85. The van der Waals surface area contributed by atoms with Gasteiger partial charge in [0.05, 0.1) is 6.20 Å². The van der Waals surface area contributed by atoms with Crippen LogP contribution in [0.5, 0.6) is 0 Å². The van der Waals surface area contributed by atoms with Gasteiger partial charge in [0.2, 0.25) is 5.91 Å². The number of anilines is 1. The van der Waals surface area contributed by atoms with Crippen molar-refractivity contribution < 1.29 is 9.53 Å². The summed E-state index contributed by atoms with van der Waals surface area (Å²) < 4.78 is 5.33. The molecule has 2 fully saturated rings. The van der Waals surface area contributed by atoms with Crippen LogP contribution < -0.4 is 10.2 Å². The minimum absolute atomic E-state index is 0.0338. The fourth-order valence-electron chi connectivity index (χ4n) is 3.29. The lowest BCUT2D eigenvalue weighted by Gasteiger charge is -2.33. The molecule has 3 heterocycles. The molecule has 0 atom stereocenters. The van der Waals surface area contributed by atoms with Crippen LogP contribution in [0.3, 0.4) is 0 Å². The second kappa shape index (κ2) is 8.50. The van der Waals surface area contributed by atoms with Gasteiger partial charge >= 0.3 is 0 Å². The fourth-order valence-corrected chi connectivity index (χ4v) is 3.63. The van der Waals surface area contributed by atoms with Crippen LogP contribution in [0.25, 0.3) is 0 Å². The first-order chi connectivity index (χ1) is 12.2. The number of piperidine rings is 1. The summed E-state index contributed by atoms with van der Waals surface area (Å²) in [5.41, 5.74) is 0.489. The molecule has 0 saturated carbocycles. The topological polar surface area (TPSA) is 91.1 Å². The molecule has 0 bridgehead atoms. The number of thioether (sulfide) groups is 1. The van der Waals surface area contributed by atoms with E-state index in [4.69, 9.17) is 4.74 Å². The molecular weight excluding hydrogens is 338 g/mol. The summed E-state index contributed by atoms with van der Waals surface area (Å²) in [7, 11) is 0. The van der Waals surface area contributed by atoms with Gasteiger partial charge in [0, 0.05) is 38.3 Å². The van der Waals surface area contributed by atoms with Crippen LogP contribution in [0.2, 0.25) is 0 Å². The third kappa shape index (κ3) is 4.41. The SMILES string of the molecule is CSc1ncc(C#N)c(N2CCC(C(=O)NC3CCOCC3)CC2)n1. The quantitative estimate of drug-likeness (QED) is 0.643. The number of amides is 1. The average Bonchev–Trinajstić information content (AvgIpc) is 2.68. The zero-order valence-corrected chi connectivity index (χ0v) is 15.2. The summed E-state index contributed by atoms with van der Waals surface area (Å²) in [6, 6.07) is 2.41. The Morgan fingerprint density at radius 1 is 1.36 bits per heavy atom. The van der Waals surface area contributed by atoms with Gasteiger partial charge in [-0.3, -0.25) is 4.79 Å². The monoisotopic (exact) mass is 361 g/mol. The highest BCUT2D eigenvalue weighted by atomic mass is 32.2. The summed E-state index contributed by atoms with van der Waals surface area (Å²) in [5, 5.41) is 13.1. The number of nitrogens with zero attached hydrogens (tertiary/aromatic N) is 4. The molecule has 0 radical (unpaired) electrons. The fraction of sp³-hybridized carbons (Fsp3) is 0.647.